The Hall–Kier alpha value is -1.13. The van der Waals surface area contributed by atoms with E-state index in [1.165, 1.54) is 0 Å². The molecule has 4 heteroatoms. The van der Waals surface area contributed by atoms with Gasteiger partial charge in [-0.3, -0.25) is 4.90 Å². The summed E-state index contributed by atoms with van der Waals surface area (Å²) in [5, 5.41) is 12.8. The predicted molar refractivity (Wildman–Crippen MR) is 66.4 cm³/mol. The van der Waals surface area contributed by atoms with E-state index in [0.717, 1.165) is 17.9 Å². The second-order valence-electron chi connectivity index (χ2n) is 4.75. The fourth-order valence-corrected chi connectivity index (χ4v) is 1.80. The van der Waals surface area contributed by atoms with Crippen LogP contribution in [0.3, 0.4) is 0 Å². The first-order chi connectivity index (χ1) is 7.42. The van der Waals surface area contributed by atoms with Gasteiger partial charge in [-0.2, -0.15) is 0 Å². The van der Waals surface area contributed by atoms with Crippen LogP contribution in [0.1, 0.15) is 19.4 Å². The zero-order valence-electron chi connectivity index (χ0n) is 10.5. The van der Waals surface area contributed by atoms with Gasteiger partial charge in [-0.05, 0) is 27.0 Å². The molecule has 1 heterocycles. The molecule has 0 spiro atoms. The molecule has 0 radical (unpaired) electrons. The molecular weight excluding hydrogens is 202 g/mol. The van der Waals surface area contributed by atoms with E-state index in [-0.39, 0.29) is 0 Å². The van der Waals surface area contributed by atoms with E-state index in [9.17, 15) is 5.11 Å². The van der Waals surface area contributed by atoms with Gasteiger partial charge in [0.05, 0.1) is 5.60 Å². The number of nitrogens with zero attached hydrogens (tertiary/aromatic N) is 2. The fraction of sp³-hybridized carbons (Fsp3) is 0.583. The van der Waals surface area contributed by atoms with Crippen LogP contribution in [-0.4, -0.2) is 41.2 Å². The summed E-state index contributed by atoms with van der Waals surface area (Å²) in [5.74, 6) is 0.894. The molecule has 0 amide bonds. The number of nitrogens with one attached hydrogen (secondary N) is 1. The molecule has 16 heavy (non-hydrogen) atoms. The van der Waals surface area contributed by atoms with Gasteiger partial charge in [0, 0.05) is 31.9 Å². The van der Waals surface area contributed by atoms with Crippen LogP contribution in [0.25, 0.3) is 0 Å². The molecule has 1 aromatic rings. The third-order valence-corrected chi connectivity index (χ3v) is 2.23. The van der Waals surface area contributed by atoms with E-state index in [0.29, 0.717) is 6.54 Å². The summed E-state index contributed by atoms with van der Waals surface area (Å²) >= 11 is 0. The molecule has 1 rings (SSSR count). The number of aliphatic hydroxyl groups is 1. The lowest BCUT2D eigenvalue weighted by Gasteiger charge is -2.25. The molecule has 0 unspecified atom stereocenters. The summed E-state index contributed by atoms with van der Waals surface area (Å²) in [4.78, 5) is 6.33. The summed E-state index contributed by atoms with van der Waals surface area (Å²) in [5.41, 5.74) is 0.466. The van der Waals surface area contributed by atoms with Gasteiger partial charge < -0.3 is 10.4 Å². The predicted octanol–water partition coefficient (Wildman–Crippen LogP) is 1.33. The van der Waals surface area contributed by atoms with Crippen molar-refractivity contribution >= 4 is 5.82 Å². The summed E-state index contributed by atoms with van der Waals surface area (Å²) in [6.45, 7) is 5.02. The van der Waals surface area contributed by atoms with Crippen LogP contribution in [0.5, 0.6) is 0 Å². The van der Waals surface area contributed by atoms with Crippen molar-refractivity contribution < 1.29 is 5.11 Å². The van der Waals surface area contributed by atoms with Crippen molar-refractivity contribution in [1.82, 2.24) is 9.88 Å². The molecule has 1 aromatic heterocycles. The van der Waals surface area contributed by atoms with Crippen LogP contribution in [0.15, 0.2) is 18.3 Å². The van der Waals surface area contributed by atoms with E-state index < -0.39 is 5.60 Å². The van der Waals surface area contributed by atoms with E-state index in [1.807, 2.05) is 40.1 Å². The number of pyridine rings is 1. The molecule has 0 aliphatic rings. The standard InChI is InChI=1S/C12H21N3O/c1-12(2,16)9-15(4)8-10-6-5-7-14-11(10)13-3/h5-7,16H,8-9H2,1-4H3,(H,13,14). The lowest BCUT2D eigenvalue weighted by Crippen LogP contribution is -2.35. The third-order valence-electron chi connectivity index (χ3n) is 2.23. The molecule has 0 saturated carbocycles. The number of hydrogen-bond donors (Lipinski definition) is 2. The highest BCUT2D eigenvalue weighted by Crippen LogP contribution is 2.14. The lowest BCUT2D eigenvalue weighted by atomic mass is 10.1. The largest absolute Gasteiger partial charge is 0.389 e. The first-order valence-corrected chi connectivity index (χ1v) is 5.45. The number of rotatable bonds is 5. The Morgan fingerprint density at radius 1 is 1.50 bits per heavy atom. The Morgan fingerprint density at radius 3 is 2.75 bits per heavy atom. The highest BCUT2D eigenvalue weighted by atomic mass is 16.3. The van der Waals surface area contributed by atoms with Crippen molar-refractivity contribution in [3.63, 3.8) is 0 Å². The Balaban J connectivity index is 2.65. The normalized spacial score (nSPS) is 11.9. The van der Waals surface area contributed by atoms with E-state index >= 15 is 0 Å². The second kappa shape index (κ2) is 5.27. The number of hydrogen-bond acceptors (Lipinski definition) is 4. The highest BCUT2D eigenvalue weighted by Gasteiger charge is 2.16. The zero-order chi connectivity index (χ0) is 12.2. The van der Waals surface area contributed by atoms with Crippen LogP contribution in [0, 0.1) is 0 Å². The van der Waals surface area contributed by atoms with Crippen LogP contribution in [0.4, 0.5) is 5.82 Å². The molecule has 90 valence electrons. The molecule has 0 saturated heterocycles. The zero-order valence-corrected chi connectivity index (χ0v) is 10.5. The molecule has 4 nitrogen and oxygen atoms in total. The first-order valence-electron chi connectivity index (χ1n) is 5.45. The Morgan fingerprint density at radius 2 is 2.19 bits per heavy atom. The topological polar surface area (TPSA) is 48.4 Å². The maximum atomic E-state index is 9.72. The molecule has 2 N–H and O–H groups in total. The maximum Gasteiger partial charge on any atom is 0.130 e. The van der Waals surface area contributed by atoms with Crippen LogP contribution in [0.2, 0.25) is 0 Å². The van der Waals surface area contributed by atoms with Gasteiger partial charge in [0.25, 0.3) is 0 Å². The smallest absolute Gasteiger partial charge is 0.130 e. The SMILES string of the molecule is CNc1ncccc1CN(C)CC(C)(C)O. The summed E-state index contributed by atoms with van der Waals surface area (Å²) in [7, 11) is 3.85. The minimum absolute atomic E-state index is 0.630. The van der Waals surface area contributed by atoms with Crippen molar-refractivity contribution in [2.75, 3.05) is 26.0 Å². The van der Waals surface area contributed by atoms with Gasteiger partial charge >= 0.3 is 0 Å². The Bertz CT molecular complexity index is 333. The average Bonchev–Trinajstić information content (AvgIpc) is 2.15. The van der Waals surface area contributed by atoms with Crippen molar-refractivity contribution in [2.24, 2.45) is 0 Å². The molecule has 0 bridgehead atoms. The quantitative estimate of drug-likeness (QED) is 0.790. The molecule has 0 fully saturated rings. The minimum atomic E-state index is -0.670. The third kappa shape index (κ3) is 4.16. The van der Waals surface area contributed by atoms with Gasteiger partial charge in [-0.15, -0.1) is 0 Å². The molecule has 0 aliphatic heterocycles. The van der Waals surface area contributed by atoms with Crippen molar-refractivity contribution in [3.05, 3.63) is 23.9 Å². The summed E-state index contributed by atoms with van der Waals surface area (Å²) in [6.07, 6.45) is 1.77. The van der Waals surface area contributed by atoms with E-state index in [1.54, 1.807) is 6.20 Å². The number of aromatic nitrogens is 1. The van der Waals surface area contributed by atoms with Gasteiger partial charge in [0.15, 0.2) is 0 Å². The highest BCUT2D eigenvalue weighted by molar-refractivity contribution is 5.42. The Labute approximate surface area is 97.3 Å². The molecule has 0 aromatic carbocycles. The maximum absolute atomic E-state index is 9.72. The van der Waals surface area contributed by atoms with Gasteiger partial charge in [0.2, 0.25) is 0 Å². The second-order valence-corrected chi connectivity index (χ2v) is 4.75. The van der Waals surface area contributed by atoms with Gasteiger partial charge in [-0.25, -0.2) is 4.98 Å². The fourth-order valence-electron chi connectivity index (χ4n) is 1.80. The van der Waals surface area contributed by atoms with Crippen LogP contribution >= 0.6 is 0 Å². The van der Waals surface area contributed by atoms with Crippen molar-refractivity contribution in [2.45, 2.75) is 26.0 Å². The first kappa shape index (κ1) is 12.9. The minimum Gasteiger partial charge on any atom is -0.389 e. The van der Waals surface area contributed by atoms with E-state index in [2.05, 4.69) is 15.2 Å². The molecular formula is C12H21N3O. The van der Waals surface area contributed by atoms with Crippen LogP contribution < -0.4 is 5.32 Å². The van der Waals surface area contributed by atoms with E-state index in [4.69, 9.17) is 0 Å². The number of likely N-dealkylation sites (N-methyl/N-ethyl adjacent to an activating group) is 1. The van der Waals surface area contributed by atoms with Gasteiger partial charge in [-0.1, -0.05) is 6.07 Å². The van der Waals surface area contributed by atoms with Crippen molar-refractivity contribution in [3.8, 4) is 0 Å². The molecule has 0 atom stereocenters. The number of anilines is 1. The monoisotopic (exact) mass is 223 g/mol. The lowest BCUT2D eigenvalue weighted by molar-refractivity contribution is 0.0425. The Kier molecular flexibility index (Phi) is 4.26. The van der Waals surface area contributed by atoms with Crippen molar-refractivity contribution in [1.29, 1.82) is 0 Å². The summed E-state index contributed by atoms with van der Waals surface area (Å²) in [6, 6.07) is 3.97. The summed E-state index contributed by atoms with van der Waals surface area (Å²) < 4.78 is 0. The molecule has 0 aliphatic carbocycles. The van der Waals surface area contributed by atoms with Crippen LogP contribution in [-0.2, 0) is 6.54 Å². The average molecular weight is 223 g/mol. The van der Waals surface area contributed by atoms with Gasteiger partial charge in [0.1, 0.15) is 5.82 Å².